The van der Waals surface area contributed by atoms with Crippen molar-refractivity contribution in [3.05, 3.63) is 42.1 Å². The SMILES string of the molecule is CCCCc1cn2cc(OCC(=CF)CN)ccc2n1. The summed E-state index contributed by atoms with van der Waals surface area (Å²) in [7, 11) is 0. The second-order valence-corrected chi connectivity index (χ2v) is 4.73. The molecule has 0 aliphatic heterocycles. The van der Waals surface area contributed by atoms with E-state index in [4.69, 9.17) is 10.5 Å². The molecule has 0 unspecified atom stereocenters. The topological polar surface area (TPSA) is 52.5 Å². The molecule has 0 amide bonds. The summed E-state index contributed by atoms with van der Waals surface area (Å²) in [6, 6.07) is 3.73. The Bertz CT molecular complexity index is 592. The van der Waals surface area contributed by atoms with Crippen LogP contribution in [-0.2, 0) is 6.42 Å². The number of nitrogens with zero attached hydrogens (tertiary/aromatic N) is 2. The van der Waals surface area contributed by atoms with Gasteiger partial charge >= 0.3 is 0 Å². The Morgan fingerprint density at radius 2 is 2.30 bits per heavy atom. The van der Waals surface area contributed by atoms with E-state index in [0.717, 1.165) is 30.6 Å². The van der Waals surface area contributed by atoms with Gasteiger partial charge in [-0.25, -0.2) is 9.37 Å². The van der Waals surface area contributed by atoms with Crippen LogP contribution >= 0.6 is 0 Å². The molecular formula is C15H20FN3O. The monoisotopic (exact) mass is 277 g/mol. The molecular weight excluding hydrogens is 257 g/mol. The molecule has 4 nitrogen and oxygen atoms in total. The quantitative estimate of drug-likeness (QED) is 0.846. The number of nitrogens with two attached hydrogens (primary N) is 1. The van der Waals surface area contributed by atoms with Crippen LogP contribution in [0.15, 0.2) is 36.4 Å². The number of aromatic nitrogens is 2. The molecule has 2 rings (SSSR count). The van der Waals surface area contributed by atoms with Crippen molar-refractivity contribution in [2.45, 2.75) is 26.2 Å². The summed E-state index contributed by atoms with van der Waals surface area (Å²) in [6.07, 6.45) is 7.62. The van der Waals surface area contributed by atoms with Crippen LogP contribution in [0.1, 0.15) is 25.5 Å². The van der Waals surface area contributed by atoms with Gasteiger partial charge in [-0.05, 0) is 25.0 Å². The highest BCUT2D eigenvalue weighted by atomic mass is 19.1. The highest BCUT2D eigenvalue weighted by Gasteiger charge is 2.03. The van der Waals surface area contributed by atoms with Gasteiger partial charge in [0, 0.05) is 18.3 Å². The molecule has 0 aliphatic rings. The first kappa shape index (κ1) is 14.5. The van der Waals surface area contributed by atoms with Crippen LogP contribution in [0.25, 0.3) is 5.65 Å². The summed E-state index contributed by atoms with van der Waals surface area (Å²) in [6.45, 7) is 2.48. The average Bonchev–Trinajstić information content (AvgIpc) is 2.88. The molecule has 0 spiro atoms. The van der Waals surface area contributed by atoms with E-state index in [0.29, 0.717) is 17.7 Å². The van der Waals surface area contributed by atoms with Crippen LogP contribution in [-0.4, -0.2) is 22.5 Å². The molecule has 0 aliphatic carbocycles. The van der Waals surface area contributed by atoms with E-state index in [1.54, 1.807) is 0 Å². The molecule has 0 bridgehead atoms. The van der Waals surface area contributed by atoms with Crippen molar-refractivity contribution in [3.63, 3.8) is 0 Å². The molecule has 5 heteroatoms. The molecule has 0 saturated heterocycles. The number of hydrogen-bond acceptors (Lipinski definition) is 3. The normalized spacial score (nSPS) is 12.1. The number of rotatable bonds is 7. The van der Waals surface area contributed by atoms with E-state index in [1.807, 2.05) is 28.9 Å². The van der Waals surface area contributed by atoms with Gasteiger partial charge < -0.3 is 14.9 Å². The molecule has 2 aromatic heterocycles. The summed E-state index contributed by atoms with van der Waals surface area (Å²) in [4.78, 5) is 4.53. The van der Waals surface area contributed by atoms with E-state index >= 15 is 0 Å². The van der Waals surface area contributed by atoms with Crippen LogP contribution in [0.3, 0.4) is 0 Å². The number of fused-ring (bicyclic) bond motifs is 1. The van der Waals surface area contributed by atoms with Gasteiger partial charge in [0.15, 0.2) is 0 Å². The predicted molar refractivity (Wildman–Crippen MR) is 77.5 cm³/mol. The molecule has 20 heavy (non-hydrogen) atoms. The van der Waals surface area contributed by atoms with Crippen LogP contribution in [0.2, 0.25) is 0 Å². The van der Waals surface area contributed by atoms with Crippen LogP contribution in [0.5, 0.6) is 5.75 Å². The first-order valence-corrected chi connectivity index (χ1v) is 6.85. The Morgan fingerprint density at radius 3 is 3.00 bits per heavy atom. The van der Waals surface area contributed by atoms with Gasteiger partial charge in [0.25, 0.3) is 0 Å². The number of hydrogen-bond donors (Lipinski definition) is 1. The van der Waals surface area contributed by atoms with Gasteiger partial charge in [-0.15, -0.1) is 0 Å². The van der Waals surface area contributed by atoms with Crippen LogP contribution in [0, 0.1) is 0 Å². The smallest absolute Gasteiger partial charge is 0.137 e. The van der Waals surface area contributed by atoms with Crippen molar-refractivity contribution in [2.24, 2.45) is 5.73 Å². The minimum absolute atomic E-state index is 0.158. The number of unbranched alkanes of at least 4 members (excludes halogenated alkanes) is 1. The number of ether oxygens (including phenoxy) is 1. The zero-order chi connectivity index (χ0) is 14.4. The summed E-state index contributed by atoms with van der Waals surface area (Å²) in [5.41, 5.74) is 7.79. The average molecular weight is 277 g/mol. The van der Waals surface area contributed by atoms with Gasteiger partial charge in [0.05, 0.1) is 18.2 Å². The third kappa shape index (κ3) is 3.57. The van der Waals surface area contributed by atoms with Gasteiger partial charge in [0.2, 0.25) is 0 Å². The van der Waals surface area contributed by atoms with Crippen molar-refractivity contribution in [3.8, 4) is 5.75 Å². The van der Waals surface area contributed by atoms with E-state index in [-0.39, 0.29) is 13.2 Å². The first-order valence-electron chi connectivity index (χ1n) is 6.85. The summed E-state index contributed by atoms with van der Waals surface area (Å²) < 4.78 is 19.8. The lowest BCUT2D eigenvalue weighted by molar-refractivity contribution is 0.346. The molecule has 0 aromatic carbocycles. The van der Waals surface area contributed by atoms with Crippen molar-refractivity contribution < 1.29 is 9.13 Å². The third-order valence-electron chi connectivity index (χ3n) is 3.10. The second kappa shape index (κ2) is 7.05. The zero-order valence-electron chi connectivity index (χ0n) is 11.7. The molecule has 0 atom stereocenters. The maximum Gasteiger partial charge on any atom is 0.137 e. The lowest BCUT2D eigenvalue weighted by atomic mass is 10.2. The number of aryl methyl sites for hydroxylation is 1. The maximum absolute atomic E-state index is 12.4. The summed E-state index contributed by atoms with van der Waals surface area (Å²) >= 11 is 0. The number of halogens is 1. The fourth-order valence-electron chi connectivity index (χ4n) is 1.90. The number of imidazole rings is 1. The molecule has 108 valence electrons. The Kier molecular flexibility index (Phi) is 5.12. The Labute approximate surface area is 118 Å². The van der Waals surface area contributed by atoms with Crippen LogP contribution in [0.4, 0.5) is 4.39 Å². The van der Waals surface area contributed by atoms with E-state index in [9.17, 15) is 4.39 Å². The Balaban J connectivity index is 2.08. The number of pyridine rings is 1. The summed E-state index contributed by atoms with van der Waals surface area (Å²) in [5.74, 6) is 0.671. The third-order valence-corrected chi connectivity index (χ3v) is 3.10. The minimum Gasteiger partial charge on any atom is -0.488 e. The molecule has 0 saturated carbocycles. The molecule has 2 heterocycles. The Morgan fingerprint density at radius 1 is 1.45 bits per heavy atom. The lowest BCUT2D eigenvalue weighted by Crippen LogP contribution is -2.10. The van der Waals surface area contributed by atoms with E-state index in [2.05, 4.69) is 11.9 Å². The molecule has 2 N–H and O–H groups in total. The van der Waals surface area contributed by atoms with Gasteiger partial charge in [-0.1, -0.05) is 13.3 Å². The van der Waals surface area contributed by atoms with E-state index in [1.165, 1.54) is 0 Å². The highest BCUT2D eigenvalue weighted by Crippen LogP contribution is 2.15. The molecule has 0 radical (unpaired) electrons. The van der Waals surface area contributed by atoms with Crippen molar-refractivity contribution in [2.75, 3.05) is 13.2 Å². The Hall–Kier alpha value is -1.88. The maximum atomic E-state index is 12.4. The first-order chi connectivity index (χ1) is 9.76. The highest BCUT2D eigenvalue weighted by molar-refractivity contribution is 5.43. The fraction of sp³-hybridized carbons (Fsp3) is 0.400. The van der Waals surface area contributed by atoms with Gasteiger partial charge in [0.1, 0.15) is 18.0 Å². The van der Waals surface area contributed by atoms with Gasteiger partial charge in [-0.3, -0.25) is 0 Å². The van der Waals surface area contributed by atoms with Crippen molar-refractivity contribution >= 4 is 5.65 Å². The van der Waals surface area contributed by atoms with Crippen molar-refractivity contribution in [1.29, 1.82) is 0 Å². The fourth-order valence-corrected chi connectivity index (χ4v) is 1.90. The largest absolute Gasteiger partial charge is 0.488 e. The molecule has 0 fully saturated rings. The zero-order valence-corrected chi connectivity index (χ0v) is 11.7. The van der Waals surface area contributed by atoms with Crippen molar-refractivity contribution in [1.82, 2.24) is 9.38 Å². The van der Waals surface area contributed by atoms with Crippen LogP contribution < -0.4 is 10.5 Å². The second-order valence-electron chi connectivity index (χ2n) is 4.73. The molecule has 2 aromatic rings. The summed E-state index contributed by atoms with van der Waals surface area (Å²) in [5, 5.41) is 0. The van der Waals surface area contributed by atoms with E-state index < -0.39 is 0 Å². The minimum atomic E-state index is 0.158. The lowest BCUT2D eigenvalue weighted by Gasteiger charge is -2.07. The predicted octanol–water partition coefficient (Wildman–Crippen LogP) is 2.87. The van der Waals surface area contributed by atoms with Gasteiger partial charge in [-0.2, -0.15) is 0 Å². The standard InChI is InChI=1S/C15H20FN3O/c1-2-3-4-13-9-19-10-14(5-6-15(19)18-13)20-11-12(7-16)8-17/h5-7,9-10H,2-4,8,11,17H2,1H3.